The molecule has 2 aliphatic carbocycles. The van der Waals surface area contributed by atoms with Crippen LogP contribution in [0.1, 0.15) is 44.2 Å². The predicted octanol–water partition coefficient (Wildman–Crippen LogP) is 4.44. The quantitative estimate of drug-likeness (QED) is 0.867. The highest BCUT2D eigenvalue weighted by Crippen LogP contribution is 2.53. The van der Waals surface area contributed by atoms with Gasteiger partial charge in [0.15, 0.2) is 0 Å². The van der Waals surface area contributed by atoms with Gasteiger partial charge in [-0.2, -0.15) is 0 Å². The van der Waals surface area contributed by atoms with E-state index in [1.54, 1.807) is 7.11 Å². The topological polar surface area (TPSA) is 21.3 Å². The van der Waals surface area contributed by atoms with Crippen LogP contribution in [-0.4, -0.2) is 13.7 Å². The first kappa shape index (κ1) is 14.2. The van der Waals surface area contributed by atoms with Gasteiger partial charge in [-0.25, -0.2) is 0 Å². The summed E-state index contributed by atoms with van der Waals surface area (Å²) in [5, 5.41) is 4.49. The lowest BCUT2D eigenvalue weighted by atomic mass is 9.80. The van der Waals surface area contributed by atoms with Crippen LogP contribution in [-0.2, 0) is 0 Å². The number of hydrogen-bond acceptors (Lipinski definition) is 2. The maximum absolute atomic E-state index is 6.22. The third-order valence-corrected chi connectivity index (χ3v) is 5.41. The number of ether oxygens (including phenoxy) is 1. The van der Waals surface area contributed by atoms with Crippen LogP contribution in [0, 0.1) is 17.8 Å². The van der Waals surface area contributed by atoms with Crippen molar-refractivity contribution < 1.29 is 4.74 Å². The van der Waals surface area contributed by atoms with E-state index in [0.29, 0.717) is 6.04 Å². The van der Waals surface area contributed by atoms with Gasteiger partial charge in [0.1, 0.15) is 5.75 Å². The van der Waals surface area contributed by atoms with Crippen molar-refractivity contribution in [3.05, 3.63) is 28.8 Å². The Balaban J connectivity index is 1.92. The van der Waals surface area contributed by atoms with Gasteiger partial charge in [-0.05, 0) is 61.8 Å². The highest BCUT2D eigenvalue weighted by atomic mass is 35.5. The molecule has 2 fully saturated rings. The third-order valence-electron chi connectivity index (χ3n) is 5.17. The molecule has 2 bridgehead atoms. The third kappa shape index (κ3) is 2.56. The molecule has 2 aliphatic rings. The first-order valence-corrected chi connectivity index (χ1v) is 8.17. The lowest BCUT2D eigenvalue weighted by molar-refractivity contribution is 0.248. The van der Waals surface area contributed by atoms with Crippen molar-refractivity contribution in [1.82, 2.24) is 5.32 Å². The maximum atomic E-state index is 6.22. The summed E-state index contributed by atoms with van der Waals surface area (Å²) in [7, 11) is 1.75. The minimum absolute atomic E-state index is 0.379. The lowest BCUT2D eigenvalue weighted by Gasteiger charge is -2.32. The van der Waals surface area contributed by atoms with E-state index >= 15 is 0 Å². The number of nitrogens with one attached hydrogen (secondary N) is 1. The van der Waals surface area contributed by atoms with E-state index in [0.717, 1.165) is 35.1 Å². The molecule has 110 valence electrons. The molecule has 0 aromatic heterocycles. The van der Waals surface area contributed by atoms with Gasteiger partial charge < -0.3 is 10.1 Å². The van der Waals surface area contributed by atoms with Crippen LogP contribution < -0.4 is 10.1 Å². The second kappa shape index (κ2) is 5.95. The summed E-state index contributed by atoms with van der Waals surface area (Å²) >= 11 is 6.22. The van der Waals surface area contributed by atoms with Crippen molar-refractivity contribution >= 4 is 11.6 Å². The minimum Gasteiger partial charge on any atom is -0.496 e. The SMILES string of the molecule is CCNC(c1cc(Cl)ccc1OC)C1CC2CCC1C2. The number of hydrogen-bond donors (Lipinski definition) is 1. The predicted molar refractivity (Wildman–Crippen MR) is 83.4 cm³/mol. The van der Waals surface area contributed by atoms with Crippen LogP contribution in [0.2, 0.25) is 5.02 Å². The monoisotopic (exact) mass is 293 g/mol. The van der Waals surface area contributed by atoms with Gasteiger partial charge in [0.05, 0.1) is 7.11 Å². The molecule has 1 aromatic rings. The molecule has 20 heavy (non-hydrogen) atoms. The average Bonchev–Trinajstić information content (AvgIpc) is 3.07. The molecule has 0 saturated heterocycles. The summed E-state index contributed by atoms with van der Waals surface area (Å²) in [5.41, 5.74) is 1.24. The van der Waals surface area contributed by atoms with Crippen LogP contribution in [0.15, 0.2) is 18.2 Å². The Bertz CT molecular complexity index is 476. The Morgan fingerprint density at radius 1 is 1.35 bits per heavy atom. The Hall–Kier alpha value is -0.730. The molecule has 0 spiro atoms. The normalized spacial score (nSPS) is 29.6. The maximum Gasteiger partial charge on any atom is 0.123 e. The fraction of sp³-hybridized carbons (Fsp3) is 0.647. The second-order valence-corrected chi connectivity index (χ2v) is 6.70. The first-order chi connectivity index (χ1) is 9.72. The number of halogens is 1. The van der Waals surface area contributed by atoms with Crippen molar-refractivity contribution in [3.63, 3.8) is 0 Å². The van der Waals surface area contributed by atoms with Crippen LogP contribution >= 0.6 is 11.6 Å². The summed E-state index contributed by atoms with van der Waals surface area (Å²) in [6, 6.07) is 6.37. The fourth-order valence-electron chi connectivity index (χ4n) is 4.36. The van der Waals surface area contributed by atoms with Crippen molar-refractivity contribution in [1.29, 1.82) is 0 Å². The molecule has 3 rings (SSSR count). The van der Waals surface area contributed by atoms with Gasteiger partial charge in [-0.15, -0.1) is 0 Å². The van der Waals surface area contributed by atoms with Gasteiger partial charge in [-0.3, -0.25) is 0 Å². The molecular formula is C17H24ClNO. The Morgan fingerprint density at radius 2 is 2.20 bits per heavy atom. The van der Waals surface area contributed by atoms with E-state index in [2.05, 4.69) is 18.3 Å². The number of methoxy groups -OCH3 is 1. The van der Waals surface area contributed by atoms with Gasteiger partial charge in [0.25, 0.3) is 0 Å². The zero-order valence-electron chi connectivity index (χ0n) is 12.4. The zero-order valence-corrected chi connectivity index (χ0v) is 13.1. The molecule has 4 atom stereocenters. The second-order valence-electron chi connectivity index (χ2n) is 6.26. The van der Waals surface area contributed by atoms with Crippen LogP contribution in [0.4, 0.5) is 0 Å². The van der Waals surface area contributed by atoms with E-state index in [1.807, 2.05) is 12.1 Å². The number of rotatable bonds is 5. The van der Waals surface area contributed by atoms with E-state index in [1.165, 1.54) is 31.2 Å². The van der Waals surface area contributed by atoms with Gasteiger partial charge in [0.2, 0.25) is 0 Å². The van der Waals surface area contributed by atoms with Crippen molar-refractivity contribution in [2.45, 2.75) is 38.6 Å². The van der Waals surface area contributed by atoms with E-state index in [9.17, 15) is 0 Å². The fourth-order valence-corrected chi connectivity index (χ4v) is 4.54. The van der Waals surface area contributed by atoms with Crippen molar-refractivity contribution in [2.24, 2.45) is 17.8 Å². The molecule has 4 unspecified atom stereocenters. The van der Waals surface area contributed by atoms with Crippen LogP contribution in [0.5, 0.6) is 5.75 Å². The number of fused-ring (bicyclic) bond motifs is 2. The molecular weight excluding hydrogens is 270 g/mol. The Morgan fingerprint density at radius 3 is 2.80 bits per heavy atom. The highest BCUT2D eigenvalue weighted by Gasteiger charge is 2.43. The standard InChI is InChI=1S/C17H24ClNO/c1-3-19-17(14-9-11-4-5-12(14)8-11)15-10-13(18)6-7-16(15)20-2/h6-7,10-12,14,17,19H,3-5,8-9H2,1-2H3. The van der Waals surface area contributed by atoms with Crippen LogP contribution in [0.25, 0.3) is 0 Å². The molecule has 1 N–H and O–H groups in total. The summed E-state index contributed by atoms with van der Waals surface area (Å²) in [5.74, 6) is 3.54. The summed E-state index contributed by atoms with van der Waals surface area (Å²) < 4.78 is 5.57. The summed E-state index contributed by atoms with van der Waals surface area (Å²) in [4.78, 5) is 0. The zero-order chi connectivity index (χ0) is 14.1. The molecule has 0 heterocycles. The lowest BCUT2D eigenvalue weighted by Crippen LogP contribution is -2.31. The van der Waals surface area contributed by atoms with Gasteiger partial charge in [0, 0.05) is 16.6 Å². The molecule has 2 saturated carbocycles. The molecule has 0 aliphatic heterocycles. The largest absolute Gasteiger partial charge is 0.496 e. The molecule has 3 heteroatoms. The van der Waals surface area contributed by atoms with Crippen molar-refractivity contribution in [2.75, 3.05) is 13.7 Å². The first-order valence-electron chi connectivity index (χ1n) is 7.79. The van der Waals surface area contributed by atoms with E-state index in [4.69, 9.17) is 16.3 Å². The molecule has 1 aromatic carbocycles. The average molecular weight is 294 g/mol. The Labute approximate surface area is 126 Å². The summed E-state index contributed by atoms with van der Waals surface area (Å²) in [6.07, 6.45) is 5.63. The van der Waals surface area contributed by atoms with Gasteiger partial charge >= 0.3 is 0 Å². The molecule has 0 amide bonds. The minimum atomic E-state index is 0.379. The van der Waals surface area contributed by atoms with E-state index < -0.39 is 0 Å². The number of benzene rings is 1. The molecule has 2 nitrogen and oxygen atoms in total. The van der Waals surface area contributed by atoms with E-state index in [-0.39, 0.29) is 0 Å². The molecule has 0 radical (unpaired) electrons. The van der Waals surface area contributed by atoms with Crippen LogP contribution in [0.3, 0.4) is 0 Å². The Kier molecular flexibility index (Phi) is 4.23. The van der Waals surface area contributed by atoms with Crippen molar-refractivity contribution in [3.8, 4) is 5.75 Å². The van der Waals surface area contributed by atoms with Gasteiger partial charge in [-0.1, -0.05) is 24.9 Å². The summed E-state index contributed by atoms with van der Waals surface area (Å²) in [6.45, 7) is 3.16. The highest BCUT2D eigenvalue weighted by molar-refractivity contribution is 6.30. The smallest absolute Gasteiger partial charge is 0.123 e.